The lowest BCUT2D eigenvalue weighted by Crippen LogP contribution is -2.41. The second-order valence-electron chi connectivity index (χ2n) is 7.39. The van der Waals surface area contributed by atoms with Crippen molar-refractivity contribution < 1.29 is 19.4 Å². The van der Waals surface area contributed by atoms with Gasteiger partial charge in [0, 0.05) is 31.1 Å². The number of hydrogen-bond donors (Lipinski definition) is 2. The number of aliphatic hydroxyl groups excluding tert-OH is 1. The van der Waals surface area contributed by atoms with Crippen molar-refractivity contribution in [1.29, 1.82) is 0 Å². The third kappa shape index (κ3) is 5.11. The maximum Gasteiger partial charge on any atom is 0.286 e. The number of ether oxygens (including phenoxy) is 2. The molecule has 3 atom stereocenters. The third-order valence-electron chi connectivity index (χ3n) is 5.51. The normalized spacial score (nSPS) is 25.7. The van der Waals surface area contributed by atoms with Crippen LogP contribution in [0.5, 0.6) is 0 Å². The van der Waals surface area contributed by atoms with Crippen molar-refractivity contribution >= 4 is 5.91 Å². The number of allylic oxidation sites excluding steroid dienone is 1. The molecule has 1 aromatic rings. The van der Waals surface area contributed by atoms with Gasteiger partial charge in [-0.2, -0.15) is 0 Å². The summed E-state index contributed by atoms with van der Waals surface area (Å²) in [5, 5.41) is 12.4. The number of rotatable bonds is 8. The number of aliphatic hydroxyl groups is 1. The van der Waals surface area contributed by atoms with Gasteiger partial charge in [-0.05, 0) is 44.2 Å². The number of carbonyl (C=O) groups excluding carboxylic acids is 1. The standard InChI is InChI=1S/C22H31NO4/c1-2-26-22-18(13-8-14-24)19(16-9-4-3-5-10-16)15-20(27-22)21(25)23-17-11-6-7-12-17/h3-5,9-10,15,17-19,22,24H,2,6-8,11-14H2,1H3,(H,23,25)/t18-,19-,22-/m0/s1. The Morgan fingerprint density at radius 3 is 2.67 bits per heavy atom. The quantitative estimate of drug-likeness (QED) is 0.732. The molecule has 5 nitrogen and oxygen atoms in total. The van der Waals surface area contributed by atoms with Crippen LogP contribution in [-0.2, 0) is 14.3 Å². The van der Waals surface area contributed by atoms with Crippen molar-refractivity contribution in [2.45, 2.75) is 63.7 Å². The zero-order valence-electron chi connectivity index (χ0n) is 16.1. The minimum Gasteiger partial charge on any atom is -0.459 e. The molecule has 1 heterocycles. The minimum atomic E-state index is -0.485. The summed E-state index contributed by atoms with van der Waals surface area (Å²) in [6.45, 7) is 2.58. The molecule has 1 aliphatic carbocycles. The van der Waals surface area contributed by atoms with Gasteiger partial charge in [-0.1, -0.05) is 43.2 Å². The second-order valence-corrected chi connectivity index (χ2v) is 7.39. The van der Waals surface area contributed by atoms with Crippen LogP contribution in [0.3, 0.4) is 0 Å². The van der Waals surface area contributed by atoms with E-state index in [1.165, 1.54) is 12.8 Å². The summed E-state index contributed by atoms with van der Waals surface area (Å²) in [5.74, 6) is 0.289. The Balaban J connectivity index is 1.85. The molecule has 148 valence electrons. The van der Waals surface area contributed by atoms with Gasteiger partial charge in [0.05, 0.1) is 0 Å². The number of amides is 1. The van der Waals surface area contributed by atoms with Gasteiger partial charge in [0.1, 0.15) is 0 Å². The van der Waals surface area contributed by atoms with Crippen molar-refractivity contribution in [3.8, 4) is 0 Å². The third-order valence-corrected chi connectivity index (χ3v) is 5.51. The van der Waals surface area contributed by atoms with E-state index in [4.69, 9.17) is 9.47 Å². The molecular formula is C22H31NO4. The Bertz CT molecular complexity index is 624. The Labute approximate surface area is 161 Å². The van der Waals surface area contributed by atoms with Gasteiger partial charge in [-0.3, -0.25) is 4.79 Å². The van der Waals surface area contributed by atoms with Crippen LogP contribution in [0.2, 0.25) is 0 Å². The molecule has 27 heavy (non-hydrogen) atoms. The molecule has 0 unspecified atom stereocenters. The van der Waals surface area contributed by atoms with Gasteiger partial charge in [-0.25, -0.2) is 0 Å². The molecule has 1 saturated carbocycles. The highest BCUT2D eigenvalue weighted by Gasteiger charge is 2.38. The molecule has 1 aliphatic heterocycles. The Kier molecular flexibility index (Phi) is 7.30. The summed E-state index contributed by atoms with van der Waals surface area (Å²) in [7, 11) is 0. The van der Waals surface area contributed by atoms with Gasteiger partial charge in [0.15, 0.2) is 5.76 Å². The average Bonchev–Trinajstić information content (AvgIpc) is 3.20. The Morgan fingerprint density at radius 2 is 2.00 bits per heavy atom. The molecule has 3 rings (SSSR count). The molecule has 0 radical (unpaired) electrons. The first-order valence-electron chi connectivity index (χ1n) is 10.2. The first-order chi connectivity index (χ1) is 13.2. The first kappa shape index (κ1) is 19.9. The van der Waals surface area contributed by atoms with E-state index in [9.17, 15) is 9.90 Å². The van der Waals surface area contributed by atoms with E-state index in [0.717, 1.165) is 24.8 Å². The Hall–Kier alpha value is -1.85. The highest BCUT2D eigenvalue weighted by Crippen LogP contribution is 2.39. The lowest BCUT2D eigenvalue weighted by Gasteiger charge is -2.37. The van der Waals surface area contributed by atoms with E-state index >= 15 is 0 Å². The summed E-state index contributed by atoms with van der Waals surface area (Å²) < 4.78 is 11.9. The summed E-state index contributed by atoms with van der Waals surface area (Å²) in [5.41, 5.74) is 1.14. The summed E-state index contributed by atoms with van der Waals surface area (Å²) in [6.07, 6.45) is 7.32. The summed E-state index contributed by atoms with van der Waals surface area (Å²) in [6, 6.07) is 10.4. The molecular weight excluding hydrogens is 342 g/mol. The highest BCUT2D eigenvalue weighted by atomic mass is 16.7. The monoisotopic (exact) mass is 373 g/mol. The number of nitrogens with one attached hydrogen (secondary N) is 1. The SMILES string of the molecule is CCO[C@H]1OC(C(=O)NC2CCCC2)=C[C@@H](c2ccccc2)[C@@H]1CCCO. The van der Waals surface area contributed by atoms with Crippen LogP contribution in [0, 0.1) is 5.92 Å². The van der Waals surface area contributed by atoms with Crippen LogP contribution in [0.15, 0.2) is 42.2 Å². The summed E-state index contributed by atoms with van der Waals surface area (Å²) >= 11 is 0. The van der Waals surface area contributed by atoms with E-state index < -0.39 is 6.29 Å². The topological polar surface area (TPSA) is 67.8 Å². The van der Waals surface area contributed by atoms with Crippen LogP contribution >= 0.6 is 0 Å². The van der Waals surface area contributed by atoms with E-state index in [1.54, 1.807) is 0 Å². The predicted octanol–water partition coefficient (Wildman–Crippen LogP) is 3.49. The van der Waals surface area contributed by atoms with Crippen molar-refractivity contribution in [3.63, 3.8) is 0 Å². The molecule has 2 N–H and O–H groups in total. The molecule has 2 aliphatic rings. The van der Waals surface area contributed by atoms with E-state index in [1.807, 2.05) is 31.2 Å². The fourth-order valence-corrected chi connectivity index (χ4v) is 4.15. The number of carbonyl (C=O) groups is 1. The van der Waals surface area contributed by atoms with Gasteiger partial charge in [0.2, 0.25) is 6.29 Å². The van der Waals surface area contributed by atoms with Gasteiger partial charge in [0.25, 0.3) is 5.91 Å². The maximum absolute atomic E-state index is 12.8. The smallest absolute Gasteiger partial charge is 0.286 e. The molecule has 5 heteroatoms. The molecule has 0 spiro atoms. The maximum atomic E-state index is 12.8. The van der Waals surface area contributed by atoms with Crippen LogP contribution < -0.4 is 5.32 Å². The Morgan fingerprint density at radius 1 is 1.26 bits per heavy atom. The van der Waals surface area contributed by atoms with E-state index in [0.29, 0.717) is 18.8 Å². The van der Waals surface area contributed by atoms with Crippen molar-refractivity contribution in [2.24, 2.45) is 5.92 Å². The van der Waals surface area contributed by atoms with Gasteiger partial charge < -0.3 is 19.9 Å². The van der Waals surface area contributed by atoms with Crippen molar-refractivity contribution in [1.82, 2.24) is 5.32 Å². The molecule has 0 aromatic heterocycles. The lowest BCUT2D eigenvalue weighted by atomic mass is 9.80. The molecule has 0 saturated heterocycles. The largest absolute Gasteiger partial charge is 0.459 e. The van der Waals surface area contributed by atoms with E-state index in [-0.39, 0.29) is 30.4 Å². The van der Waals surface area contributed by atoms with Crippen molar-refractivity contribution in [3.05, 3.63) is 47.7 Å². The molecule has 1 aromatic carbocycles. The van der Waals surface area contributed by atoms with Crippen LogP contribution in [-0.4, -0.2) is 36.6 Å². The lowest BCUT2D eigenvalue weighted by molar-refractivity contribution is -0.166. The molecule has 1 amide bonds. The van der Waals surface area contributed by atoms with Crippen LogP contribution in [0.25, 0.3) is 0 Å². The first-order valence-corrected chi connectivity index (χ1v) is 10.2. The fourth-order valence-electron chi connectivity index (χ4n) is 4.15. The zero-order chi connectivity index (χ0) is 19.1. The summed E-state index contributed by atoms with van der Waals surface area (Å²) in [4.78, 5) is 12.8. The fraction of sp³-hybridized carbons (Fsp3) is 0.591. The highest BCUT2D eigenvalue weighted by molar-refractivity contribution is 5.92. The van der Waals surface area contributed by atoms with Gasteiger partial charge in [-0.15, -0.1) is 0 Å². The molecule has 0 bridgehead atoms. The van der Waals surface area contributed by atoms with Gasteiger partial charge >= 0.3 is 0 Å². The van der Waals surface area contributed by atoms with Crippen LogP contribution in [0.1, 0.15) is 56.9 Å². The predicted molar refractivity (Wildman–Crippen MR) is 104 cm³/mol. The molecule has 1 fully saturated rings. The van der Waals surface area contributed by atoms with Crippen molar-refractivity contribution in [2.75, 3.05) is 13.2 Å². The van der Waals surface area contributed by atoms with Crippen LogP contribution in [0.4, 0.5) is 0 Å². The second kappa shape index (κ2) is 9.90. The number of benzene rings is 1. The zero-order valence-corrected chi connectivity index (χ0v) is 16.1. The van der Waals surface area contributed by atoms with E-state index in [2.05, 4.69) is 17.4 Å². The minimum absolute atomic E-state index is 0.0207. The number of hydrogen-bond acceptors (Lipinski definition) is 4. The average molecular weight is 373 g/mol.